The van der Waals surface area contributed by atoms with Gasteiger partial charge in [0.15, 0.2) is 22.8 Å². The van der Waals surface area contributed by atoms with Crippen molar-refractivity contribution in [2.45, 2.75) is 110 Å². The van der Waals surface area contributed by atoms with Gasteiger partial charge in [-0.25, -0.2) is 19.3 Å². The molecule has 3 rings (SSSR count). The molecule has 61 heavy (non-hydrogen) atoms. The van der Waals surface area contributed by atoms with Crippen molar-refractivity contribution in [3.05, 3.63) is 12.7 Å². The number of fused-ring (bicyclic) bond motifs is 1. The number of nitrogen functional groups attached to an aromatic ring is 1. The molecular weight excluding hydrogens is 911 g/mol. The van der Waals surface area contributed by atoms with Gasteiger partial charge in [-0.2, -0.15) is 13.5 Å². The Morgan fingerprint density at radius 1 is 1.02 bits per heavy atom. The highest BCUT2D eigenvalue weighted by Gasteiger charge is 2.47. The van der Waals surface area contributed by atoms with E-state index in [1.807, 2.05) is 6.92 Å². The van der Waals surface area contributed by atoms with Crippen LogP contribution in [0, 0.1) is 11.3 Å². The average Bonchev–Trinajstić information content (AvgIpc) is 3.72. The number of imidazole rings is 1. The first-order chi connectivity index (χ1) is 28.0. The number of aliphatic hydroxyl groups is 2. The van der Waals surface area contributed by atoms with Crippen molar-refractivity contribution in [2.75, 3.05) is 37.8 Å². The van der Waals surface area contributed by atoms with Gasteiger partial charge in [0.1, 0.15) is 36.3 Å². The lowest BCUT2D eigenvalue weighted by atomic mass is 9.87. The molecule has 0 radical (unpaired) electrons. The molecule has 1 aliphatic heterocycles. The molecule has 3 heterocycles. The molecule has 6 N–H and O–H groups in total. The van der Waals surface area contributed by atoms with Gasteiger partial charge in [-0.3, -0.25) is 28.1 Å². The smallest absolute Gasteiger partial charge is 0.274 e. The Kier molecular flexibility index (Phi) is 22.4. The Hall–Kier alpha value is -2.09. The van der Waals surface area contributed by atoms with Crippen LogP contribution in [-0.2, 0) is 50.7 Å². The summed E-state index contributed by atoms with van der Waals surface area (Å²) >= 11 is 1.14. The van der Waals surface area contributed by atoms with E-state index in [0.29, 0.717) is 5.75 Å². The van der Waals surface area contributed by atoms with Crippen LogP contribution in [-0.4, -0.2) is 103 Å². The second-order valence-electron chi connectivity index (χ2n) is 14.6. The number of thioether (sulfide) groups is 1. The lowest BCUT2D eigenvalue weighted by Crippen LogP contribution is -2.46. The van der Waals surface area contributed by atoms with Crippen molar-refractivity contribution in [3.8, 4) is 0 Å². The predicted molar refractivity (Wildman–Crippen MR) is 216 cm³/mol. The number of unbranched alkanes of at least 4 members (excludes halogenated alkanes) is 5. The summed E-state index contributed by atoms with van der Waals surface area (Å²) < 4.78 is 60.7. The monoisotopic (exact) mass is 965 g/mol. The minimum Gasteiger partial charge on any atom is -0.790 e. The van der Waals surface area contributed by atoms with Gasteiger partial charge < -0.3 is 69.0 Å². The van der Waals surface area contributed by atoms with Crippen molar-refractivity contribution in [2.24, 2.45) is 11.3 Å². The number of phosphoric ester groups is 3. The zero-order valence-corrected chi connectivity index (χ0v) is 38.4. The number of nitrogens with zero attached hydrogens (tertiary/aromatic N) is 4. The molecule has 1 saturated heterocycles. The molecule has 0 aliphatic carbocycles. The molecule has 0 saturated carbocycles. The second kappa shape index (κ2) is 24.8. The summed E-state index contributed by atoms with van der Waals surface area (Å²) in [6, 6.07) is 0. The Morgan fingerprint density at radius 2 is 1.67 bits per heavy atom. The van der Waals surface area contributed by atoms with Gasteiger partial charge in [0.05, 0.1) is 27.4 Å². The number of nitrogens with two attached hydrogens (primary N) is 1. The van der Waals surface area contributed by atoms with E-state index in [4.69, 9.17) is 10.5 Å². The highest BCUT2D eigenvalue weighted by Crippen LogP contribution is 2.56. The molecule has 8 atom stereocenters. The van der Waals surface area contributed by atoms with Gasteiger partial charge in [-0.15, -0.1) is 0 Å². The van der Waals surface area contributed by atoms with Crippen LogP contribution in [0.3, 0.4) is 0 Å². The van der Waals surface area contributed by atoms with Crippen LogP contribution >= 0.6 is 48.7 Å². The van der Waals surface area contributed by atoms with Gasteiger partial charge in [-0.1, -0.05) is 78.0 Å². The van der Waals surface area contributed by atoms with Gasteiger partial charge in [0, 0.05) is 36.6 Å². The average molecular weight is 966 g/mol. The van der Waals surface area contributed by atoms with E-state index in [0.717, 1.165) is 54.7 Å². The van der Waals surface area contributed by atoms with Crippen LogP contribution in [0.1, 0.15) is 85.3 Å². The van der Waals surface area contributed by atoms with Crippen LogP contribution in [0.25, 0.3) is 11.2 Å². The fourth-order valence-corrected chi connectivity index (χ4v) is 9.29. The maximum absolute atomic E-state index is 12.6. The molecule has 2 aromatic heterocycles. The first kappa shape index (κ1) is 55.0. The number of aliphatic hydroxyl groups excluding tert-OH is 2. The third kappa shape index (κ3) is 18.1. The number of carbonyl (C=O) groups is 3. The minimum atomic E-state index is -5.91. The van der Waals surface area contributed by atoms with Gasteiger partial charge in [0.25, 0.3) is 15.6 Å². The number of rotatable bonds is 27. The Bertz CT molecular complexity index is 1890. The van der Waals surface area contributed by atoms with Crippen molar-refractivity contribution in [1.82, 2.24) is 30.2 Å². The summed E-state index contributed by atoms with van der Waals surface area (Å²) in [4.78, 5) is 96.7. The fraction of sp³-hybridized carbons (Fsp3) is 0.750. The zero-order valence-electron chi connectivity index (χ0n) is 33.9. The number of amides is 2. The molecule has 1 aliphatic rings. The number of phosphoric acid groups is 3. The minimum absolute atomic E-state index is 0. The number of hydrogen-bond acceptors (Lipinski definition) is 22. The molecular formula is C32H54N7O17P3S2-4. The molecule has 2 aromatic rings. The number of aromatic nitrogens is 4. The molecule has 350 valence electrons. The number of carbonyl (C=O) groups excluding carboxylic acids is 3. The molecule has 29 heteroatoms. The summed E-state index contributed by atoms with van der Waals surface area (Å²) in [5.41, 5.74) is 4.08. The molecule has 0 bridgehead atoms. The Labute approximate surface area is 363 Å². The standard InChI is InChI=1S/C32H56N7O17P3S.H2S/c1-5-6-7-8-9-10-11-20(2)31(44)60-15-14-34-22(40)12-13-35-29(43)26(42)32(3,4)17-53-59(50,51)56-58(48,49)52-16-21-25(55-57(45,46)47)24(41)30(54-21)39-19-38-23-27(33)36-18-37-28(23)39;/h18-21,24-26,30,41-42H,5-17H2,1-4H3,(H,34,40)(H,35,43)(H,48,49)(H,50,51)(H2,33,36,37)(H2,45,46,47);1H2/p-4/t20-,21?,24?,25?,26?,30?;/m0./s1. The quantitative estimate of drug-likeness (QED) is 0.0563. The zero-order chi connectivity index (χ0) is 44.9. The lowest BCUT2D eigenvalue weighted by molar-refractivity contribution is -0.347. The third-order valence-electron chi connectivity index (χ3n) is 9.11. The maximum atomic E-state index is 12.6. The highest BCUT2D eigenvalue weighted by atomic mass is 32.2. The second-order valence-corrected chi connectivity index (χ2v) is 19.8. The number of anilines is 1. The van der Waals surface area contributed by atoms with E-state index >= 15 is 0 Å². The Morgan fingerprint density at radius 3 is 2.34 bits per heavy atom. The third-order valence-corrected chi connectivity index (χ3v) is 13.2. The van der Waals surface area contributed by atoms with Crippen molar-refractivity contribution < 1.29 is 80.5 Å². The van der Waals surface area contributed by atoms with Crippen LogP contribution in [0.4, 0.5) is 5.82 Å². The normalized spacial score (nSPS) is 21.2. The summed E-state index contributed by atoms with van der Waals surface area (Å²) in [5, 5.41) is 26.4. The molecule has 7 unspecified atom stereocenters. The molecule has 0 spiro atoms. The molecule has 2 amide bonds. The summed E-state index contributed by atoms with van der Waals surface area (Å²) in [5.74, 6) is -1.23. The van der Waals surface area contributed by atoms with E-state index in [-0.39, 0.29) is 61.0 Å². The lowest BCUT2D eigenvalue weighted by Gasteiger charge is -2.36. The molecule has 1 fully saturated rings. The highest BCUT2D eigenvalue weighted by molar-refractivity contribution is 8.13. The van der Waals surface area contributed by atoms with E-state index in [9.17, 15) is 57.9 Å². The van der Waals surface area contributed by atoms with E-state index in [2.05, 4.69) is 50.4 Å². The molecule has 0 aromatic carbocycles. The van der Waals surface area contributed by atoms with E-state index in [1.165, 1.54) is 33.1 Å². The van der Waals surface area contributed by atoms with Crippen LogP contribution in [0.2, 0.25) is 0 Å². The van der Waals surface area contributed by atoms with Crippen LogP contribution < -0.4 is 35.9 Å². The number of nitrogens with one attached hydrogen (secondary N) is 2. The van der Waals surface area contributed by atoms with Gasteiger partial charge in [-0.05, 0) is 6.42 Å². The fourth-order valence-electron chi connectivity index (χ4n) is 5.75. The first-order valence-electron chi connectivity index (χ1n) is 19.0. The van der Waals surface area contributed by atoms with E-state index in [1.54, 1.807) is 0 Å². The maximum Gasteiger partial charge on any atom is 0.274 e. The van der Waals surface area contributed by atoms with Crippen molar-refractivity contribution >= 4 is 82.6 Å². The number of ether oxygens (including phenoxy) is 1. The van der Waals surface area contributed by atoms with Crippen LogP contribution in [0.5, 0.6) is 0 Å². The van der Waals surface area contributed by atoms with Crippen molar-refractivity contribution in [3.63, 3.8) is 0 Å². The summed E-state index contributed by atoms with van der Waals surface area (Å²) in [7, 11) is -17.6. The Balaban J connectivity index is 0.0000128. The molecule has 24 nitrogen and oxygen atoms in total. The predicted octanol–water partition coefficient (Wildman–Crippen LogP) is -0.364. The van der Waals surface area contributed by atoms with E-state index < -0.39 is 84.6 Å². The van der Waals surface area contributed by atoms with Crippen molar-refractivity contribution in [1.29, 1.82) is 0 Å². The SMILES string of the molecule is CCCCCCCC[C@H](C)C(=O)SCCNC(=O)CCNC(=O)C(O)C(C)(C)COP(=O)([O-])OP(=O)([O-])OCC1OC(n2cnc3c(N)ncnc32)C(O)C1OP(=O)([O-])[O-].S. The van der Waals surface area contributed by atoms with Crippen LogP contribution in [0.15, 0.2) is 12.7 Å². The summed E-state index contributed by atoms with van der Waals surface area (Å²) in [6.45, 7) is 4.20. The first-order valence-corrected chi connectivity index (χ1v) is 24.3. The topological polar surface area (TPSA) is 375 Å². The summed E-state index contributed by atoms with van der Waals surface area (Å²) in [6.07, 6.45) is 0.0853. The van der Waals surface area contributed by atoms with Gasteiger partial charge >= 0.3 is 0 Å². The largest absolute Gasteiger partial charge is 0.790 e. The number of hydrogen-bond donors (Lipinski definition) is 5. The van der Waals surface area contributed by atoms with Gasteiger partial charge in [0.2, 0.25) is 11.8 Å².